The molecule has 1 heterocycles. The minimum absolute atomic E-state index is 0.0741. The lowest BCUT2D eigenvalue weighted by Gasteiger charge is -2.21. The summed E-state index contributed by atoms with van der Waals surface area (Å²) >= 11 is 0. The standard InChI is InChI=1S/C5H10N2O2S/c1-4(6)7-5-2-10(8,9)3-5/h5H,2-3H2,1H3,(H2,6,7). The molecule has 0 amide bonds. The highest BCUT2D eigenvalue weighted by Crippen LogP contribution is 2.13. The Morgan fingerprint density at radius 3 is 2.40 bits per heavy atom. The SMILES string of the molecule is CC(N)=NC1CS(=O)(=O)C1. The average Bonchev–Trinajstić information content (AvgIpc) is 1.57. The first-order valence-electron chi connectivity index (χ1n) is 3.00. The van der Waals surface area contributed by atoms with Gasteiger partial charge in [-0.15, -0.1) is 0 Å². The quantitative estimate of drug-likeness (QED) is 0.403. The Bertz CT molecular complexity index is 239. The van der Waals surface area contributed by atoms with E-state index < -0.39 is 9.84 Å². The number of hydrogen-bond acceptors (Lipinski definition) is 3. The Kier molecular flexibility index (Phi) is 1.68. The molecule has 1 saturated heterocycles. The fourth-order valence-electron chi connectivity index (χ4n) is 0.900. The fraction of sp³-hybridized carbons (Fsp3) is 0.800. The van der Waals surface area contributed by atoms with Crippen molar-refractivity contribution in [2.75, 3.05) is 11.5 Å². The molecule has 0 aromatic carbocycles. The summed E-state index contributed by atoms with van der Waals surface area (Å²) in [7, 11) is -2.74. The summed E-state index contributed by atoms with van der Waals surface area (Å²) in [6.07, 6.45) is 0. The average molecular weight is 162 g/mol. The Balaban J connectivity index is 2.49. The predicted octanol–water partition coefficient (Wildman–Crippen LogP) is -0.839. The second-order valence-corrected chi connectivity index (χ2v) is 4.66. The van der Waals surface area contributed by atoms with Crippen LogP contribution < -0.4 is 5.73 Å². The molecule has 5 heteroatoms. The van der Waals surface area contributed by atoms with Gasteiger partial charge in [-0.05, 0) is 6.92 Å². The molecule has 0 aromatic heterocycles. The van der Waals surface area contributed by atoms with Crippen LogP contribution in [0.5, 0.6) is 0 Å². The minimum Gasteiger partial charge on any atom is -0.388 e. The Hall–Kier alpha value is -0.580. The largest absolute Gasteiger partial charge is 0.388 e. The topological polar surface area (TPSA) is 72.5 Å². The van der Waals surface area contributed by atoms with Gasteiger partial charge in [0.05, 0.1) is 23.4 Å². The molecule has 0 saturated carbocycles. The van der Waals surface area contributed by atoms with E-state index in [2.05, 4.69) is 4.99 Å². The van der Waals surface area contributed by atoms with Gasteiger partial charge in [0.15, 0.2) is 9.84 Å². The number of amidine groups is 1. The fourth-order valence-corrected chi connectivity index (χ4v) is 2.12. The van der Waals surface area contributed by atoms with Crippen LogP contribution in [-0.4, -0.2) is 31.8 Å². The summed E-state index contributed by atoms with van der Waals surface area (Å²) in [6, 6.07) is -0.0741. The Morgan fingerprint density at radius 2 is 2.10 bits per heavy atom. The van der Waals surface area contributed by atoms with Crippen molar-refractivity contribution in [3.05, 3.63) is 0 Å². The molecule has 10 heavy (non-hydrogen) atoms. The van der Waals surface area contributed by atoms with E-state index in [-0.39, 0.29) is 17.5 Å². The molecule has 0 radical (unpaired) electrons. The monoisotopic (exact) mass is 162 g/mol. The van der Waals surface area contributed by atoms with Crippen LogP contribution in [0, 0.1) is 0 Å². The van der Waals surface area contributed by atoms with E-state index in [0.29, 0.717) is 5.84 Å². The van der Waals surface area contributed by atoms with Crippen molar-refractivity contribution in [3.8, 4) is 0 Å². The number of nitrogens with two attached hydrogens (primary N) is 1. The van der Waals surface area contributed by atoms with Crippen LogP contribution in [0.2, 0.25) is 0 Å². The van der Waals surface area contributed by atoms with Crippen LogP contribution in [-0.2, 0) is 9.84 Å². The third kappa shape index (κ3) is 1.70. The zero-order valence-corrected chi connectivity index (χ0v) is 6.56. The smallest absolute Gasteiger partial charge is 0.154 e. The van der Waals surface area contributed by atoms with E-state index in [1.807, 2.05) is 0 Å². The molecule has 58 valence electrons. The molecular formula is C5H10N2O2S. The lowest BCUT2D eigenvalue weighted by atomic mass is 10.4. The molecule has 0 aliphatic carbocycles. The minimum atomic E-state index is -2.74. The van der Waals surface area contributed by atoms with Crippen molar-refractivity contribution in [1.29, 1.82) is 0 Å². The summed E-state index contributed by atoms with van der Waals surface area (Å²) in [5.74, 6) is 0.795. The summed E-state index contributed by atoms with van der Waals surface area (Å²) in [6.45, 7) is 1.66. The highest BCUT2D eigenvalue weighted by molar-refractivity contribution is 7.92. The number of sulfone groups is 1. The van der Waals surface area contributed by atoms with Crippen molar-refractivity contribution in [2.45, 2.75) is 13.0 Å². The van der Waals surface area contributed by atoms with Gasteiger partial charge in [0.25, 0.3) is 0 Å². The number of hydrogen-bond donors (Lipinski definition) is 1. The second-order valence-electron chi connectivity index (χ2n) is 2.50. The van der Waals surface area contributed by atoms with Crippen LogP contribution in [0.15, 0.2) is 4.99 Å². The molecule has 0 unspecified atom stereocenters. The van der Waals surface area contributed by atoms with Crippen molar-refractivity contribution in [1.82, 2.24) is 0 Å². The molecule has 0 atom stereocenters. The first-order valence-corrected chi connectivity index (χ1v) is 4.82. The lowest BCUT2D eigenvalue weighted by molar-refractivity contribution is 0.564. The van der Waals surface area contributed by atoms with Crippen LogP contribution in [0.1, 0.15) is 6.92 Å². The van der Waals surface area contributed by atoms with Crippen molar-refractivity contribution < 1.29 is 8.42 Å². The molecule has 1 rings (SSSR count). The van der Waals surface area contributed by atoms with Gasteiger partial charge in [-0.3, -0.25) is 4.99 Å². The maximum absolute atomic E-state index is 10.6. The highest BCUT2D eigenvalue weighted by Gasteiger charge is 2.32. The lowest BCUT2D eigenvalue weighted by Crippen LogP contribution is -2.40. The molecule has 2 N–H and O–H groups in total. The van der Waals surface area contributed by atoms with Gasteiger partial charge in [0.1, 0.15) is 0 Å². The van der Waals surface area contributed by atoms with E-state index >= 15 is 0 Å². The number of aliphatic imine (C=N–C) groups is 1. The van der Waals surface area contributed by atoms with E-state index in [1.165, 1.54) is 0 Å². The van der Waals surface area contributed by atoms with Gasteiger partial charge in [-0.1, -0.05) is 0 Å². The van der Waals surface area contributed by atoms with Crippen molar-refractivity contribution in [2.24, 2.45) is 10.7 Å². The van der Waals surface area contributed by atoms with E-state index in [4.69, 9.17) is 5.73 Å². The number of rotatable bonds is 1. The Morgan fingerprint density at radius 1 is 1.60 bits per heavy atom. The molecule has 4 nitrogen and oxygen atoms in total. The van der Waals surface area contributed by atoms with Crippen molar-refractivity contribution in [3.63, 3.8) is 0 Å². The Labute approximate surface area is 60.1 Å². The summed E-state index contributed by atoms with van der Waals surface area (Å²) in [5, 5.41) is 0. The predicted molar refractivity (Wildman–Crippen MR) is 39.7 cm³/mol. The molecule has 1 aliphatic heterocycles. The van der Waals surface area contributed by atoms with Gasteiger partial charge < -0.3 is 5.73 Å². The first-order chi connectivity index (χ1) is 4.49. The van der Waals surface area contributed by atoms with Crippen LogP contribution in [0.4, 0.5) is 0 Å². The summed E-state index contributed by atoms with van der Waals surface area (Å²) in [4.78, 5) is 3.89. The summed E-state index contributed by atoms with van der Waals surface area (Å²) < 4.78 is 21.1. The van der Waals surface area contributed by atoms with E-state index in [9.17, 15) is 8.42 Å². The number of nitrogens with zero attached hydrogens (tertiary/aromatic N) is 1. The molecule has 1 fully saturated rings. The second kappa shape index (κ2) is 2.23. The molecule has 1 aliphatic rings. The zero-order valence-electron chi connectivity index (χ0n) is 5.74. The van der Waals surface area contributed by atoms with Gasteiger partial charge in [-0.2, -0.15) is 0 Å². The zero-order chi connectivity index (χ0) is 7.78. The molecule has 0 aromatic rings. The molecule has 0 spiro atoms. The maximum Gasteiger partial charge on any atom is 0.154 e. The van der Waals surface area contributed by atoms with Crippen LogP contribution in [0.25, 0.3) is 0 Å². The highest BCUT2D eigenvalue weighted by atomic mass is 32.2. The maximum atomic E-state index is 10.6. The third-order valence-electron chi connectivity index (χ3n) is 1.28. The van der Waals surface area contributed by atoms with Crippen LogP contribution in [0.3, 0.4) is 0 Å². The first kappa shape index (κ1) is 7.53. The van der Waals surface area contributed by atoms with E-state index in [0.717, 1.165) is 0 Å². The van der Waals surface area contributed by atoms with Gasteiger partial charge in [0.2, 0.25) is 0 Å². The summed E-state index contributed by atoms with van der Waals surface area (Å²) in [5.41, 5.74) is 5.25. The van der Waals surface area contributed by atoms with E-state index in [1.54, 1.807) is 6.92 Å². The van der Waals surface area contributed by atoms with Crippen molar-refractivity contribution >= 4 is 15.7 Å². The molecule has 0 bridgehead atoms. The third-order valence-corrected chi connectivity index (χ3v) is 3.06. The van der Waals surface area contributed by atoms with Gasteiger partial charge in [0, 0.05) is 0 Å². The van der Waals surface area contributed by atoms with Gasteiger partial charge >= 0.3 is 0 Å². The molecular weight excluding hydrogens is 152 g/mol. The van der Waals surface area contributed by atoms with Gasteiger partial charge in [-0.25, -0.2) is 8.42 Å². The van der Waals surface area contributed by atoms with Crippen LogP contribution >= 0.6 is 0 Å². The normalized spacial score (nSPS) is 25.9.